The van der Waals surface area contributed by atoms with Crippen molar-refractivity contribution in [2.24, 2.45) is 5.92 Å². The van der Waals surface area contributed by atoms with Gasteiger partial charge in [0, 0.05) is 16.6 Å². The zero-order valence-corrected chi connectivity index (χ0v) is 13.5. The Kier molecular flexibility index (Phi) is 5.27. The molecule has 1 heterocycles. The van der Waals surface area contributed by atoms with Gasteiger partial charge in [-0.2, -0.15) is 0 Å². The van der Waals surface area contributed by atoms with Crippen molar-refractivity contribution < 1.29 is 4.79 Å². The molecule has 110 valence electrons. The first-order valence-electron chi connectivity index (χ1n) is 6.69. The van der Waals surface area contributed by atoms with Crippen molar-refractivity contribution >= 4 is 33.5 Å². The van der Waals surface area contributed by atoms with Crippen molar-refractivity contribution in [1.82, 2.24) is 10.2 Å². The normalized spacial score (nSPS) is 10.5. The maximum atomic E-state index is 12.1. The molecule has 21 heavy (non-hydrogen) atoms. The number of nitrogens with zero attached hydrogens (tertiary/aromatic N) is 2. The van der Waals surface area contributed by atoms with E-state index in [-0.39, 0.29) is 5.91 Å². The van der Waals surface area contributed by atoms with Gasteiger partial charge in [0.15, 0.2) is 5.82 Å². The Morgan fingerprint density at radius 3 is 2.52 bits per heavy atom. The predicted octanol–water partition coefficient (Wildman–Crippen LogP) is 3.56. The number of carbonyl (C=O) groups is 1. The largest absolute Gasteiger partial charge is 0.368 e. The van der Waals surface area contributed by atoms with Crippen LogP contribution in [0.4, 0.5) is 11.6 Å². The number of halogens is 1. The number of carbonyl (C=O) groups excluding carboxylic acids is 1. The highest BCUT2D eigenvalue weighted by atomic mass is 79.9. The Labute approximate surface area is 132 Å². The molecule has 1 aromatic carbocycles. The van der Waals surface area contributed by atoms with Crippen LogP contribution in [-0.2, 0) is 0 Å². The first-order chi connectivity index (χ1) is 10.0. The van der Waals surface area contributed by atoms with Crippen LogP contribution in [0.5, 0.6) is 0 Å². The van der Waals surface area contributed by atoms with Gasteiger partial charge in [0.1, 0.15) is 5.82 Å². The van der Waals surface area contributed by atoms with Crippen LogP contribution in [0.2, 0.25) is 0 Å². The fraction of sp³-hybridized carbons (Fsp3) is 0.267. The van der Waals surface area contributed by atoms with Crippen LogP contribution in [0.3, 0.4) is 0 Å². The molecule has 0 bridgehead atoms. The van der Waals surface area contributed by atoms with E-state index in [9.17, 15) is 4.79 Å². The monoisotopic (exact) mass is 348 g/mol. The van der Waals surface area contributed by atoms with Gasteiger partial charge in [-0.15, -0.1) is 10.2 Å². The molecule has 0 saturated carbocycles. The summed E-state index contributed by atoms with van der Waals surface area (Å²) < 4.78 is 0.856. The highest BCUT2D eigenvalue weighted by Gasteiger charge is 2.07. The molecule has 1 amide bonds. The molecule has 0 unspecified atom stereocenters. The lowest BCUT2D eigenvalue weighted by atomic mass is 10.2. The highest BCUT2D eigenvalue weighted by molar-refractivity contribution is 9.10. The topological polar surface area (TPSA) is 66.9 Å². The van der Waals surface area contributed by atoms with Crippen molar-refractivity contribution in [2.75, 3.05) is 17.2 Å². The molecular formula is C15H17BrN4O. The number of anilines is 2. The summed E-state index contributed by atoms with van der Waals surface area (Å²) in [6.07, 6.45) is 0. The quantitative estimate of drug-likeness (QED) is 0.866. The van der Waals surface area contributed by atoms with Gasteiger partial charge in [0.05, 0.1) is 0 Å². The minimum Gasteiger partial charge on any atom is -0.368 e. The van der Waals surface area contributed by atoms with E-state index in [1.165, 1.54) is 0 Å². The van der Waals surface area contributed by atoms with Gasteiger partial charge in [-0.05, 0) is 36.2 Å². The minimum atomic E-state index is -0.214. The van der Waals surface area contributed by atoms with E-state index >= 15 is 0 Å². The van der Waals surface area contributed by atoms with Crippen molar-refractivity contribution in [3.8, 4) is 0 Å². The molecular weight excluding hydrogens is 332 g/mol. The SMILES string of the molecule is CC(C)CNc1ccc(NC(=O)c2cccc(Br)c2)nn1. The van der Waals surface area contributed by atoms with Crippen molar-refractivity contribution in [2.45, 2.75) is 13.8 Å². The van der Waals surface area contributed by atoms with Crippen LogP contribution in [0, 0.1) is 5.92 Å². The van der Waals surface area contributed by atoms with E-state index in [4.69, 9.17) is 0 Å². The summed E-state index contributed by atoms with van der Waals surface area (Å²) in [6.45, 7) is 5.07. The second-order valence-electron chi connectivity index (χ2n) is 5.04. The molecule has 0 atom stereocenters. The third-order valence-electron chi connectivity index (χ3n) is 2.68. The molecule has 0 radical (unpaired) electrons. The lowest BCUT2D eigenvalue weighted by Crippen LogP contribution is -2.14. The molecule has 0 aliphatic heterocycles. The second kappa shape index (κ2) is 7.17. The molecule has 1 aromatic heterocycles. The zero-order valence-electron chi connectivity index (χ0n) is 11.9. The van der Waals surface area contributed by atoms with Crippen molar-refractivity contribution in [3.63, 3.8) is 0 Å². The van der Waals surface area contributed by atoms with Crippen LogP contribution in [0.25, 0.3) is 0 Å². The maximum absolute atomic E-state index is 12.1. The molecule has 0 saturated heterocycles. The van der Waals surface area contributed by atoms with Gasteiger partial charge in [-0.25, -0.2) is 0 Å². The first-order valence-corrected chi connectivity index (χ1v) is 7.48. The molecule has 2 N–H and O–H groups in total. The van der Waals surface area contributed by atoms with Gasteiger partial charge in [0.2, 0.25) is 0 Å². The van der Waals surface area contributed by atoms with Crippen molar-refractivity contribution in [3.05, 3.63) is 46.4 Å². The molecule has 0 fully saturated rings. The number of hydrogen-bond acceptors (Lipinski definition) is 4. The average Bonchev–Trinajstić information content (AvgIpc) is 2.46. The summed E-state index contributed by atoms with van der Waals surface area (Å²) in [7, 11) is 0. The first kappa shape index (κ1) is 15.4. The number of nitrogens with one attached hydrogen (secondary N) is 2. The highest BCUT2D eigenvalue weighted by Crippen LogP contribution is 2.13. The van der Waals surface area contributed by atoms with Gasteiger partial charge in [0.25, 0.3) is 5.91 Å². The van der Waals surface area contributed by atoms with Crippen LogP contribution in [-0.4, -0.2) is 22.6 Å². The molecule has 0 aliphatic rings. The number of hydrogen-bond donors (Lipinski definition) is 2. The standard InChI is InChI=1S/C15H17BrN4O/c1-10(2)9-17-13-6-7-14(20-19-13)18-15(21)11-4-3-5-12(16)8-11/h3-8,10H,9H2,1-2H3,(H,17,19)(H,18,20,21). The fourth-order valence-electron chi connectivity index (χ4n) is 1.62. The van der Waals surface area contributed by atoms with Gasteiger partial charge in [-0.3, -0.25) is 4.79 Å². The lowest BCUT2D eigenvalue weighted by Gasteiger charge is -2.08. The number of rotatable bonds is 5. The third kappa shape index (κ3) is 4.82. The summed E-state index contributed by atoms with van der Waals surface area (Å²) in [5.41, 5.74) is 0.563. The summed E-state index contributed by atoms with van der Waals surface area (Å²) in [6, 6.07) is 10.7. The number of amides is 1. The Morgan fingerprint density at radius 2 is 1.90 bits per heavy atom. The van der Waals surface area contributed by atoms with Crippen LogP contribution < -0.4 is 10.6 Å². The van der Waals surface area contributed by atoms with Gasteiger partial charge >= 0.3 is 0 Å². The lowest BCUT2D eigenvalue weighted by molar-refractivity contribution is 0.102. The number of benzene rings is 1. The molecule has 2 rings (SSSR count). The predicted molar refractivity (Wildman–Crippen MR) is 87.5 cm³/mol. The molecule has 0 aliphatic carbocycles. The van der Waals surface area contributed by atoms with Crippen LogP contribution in [0.15, 0.2) is 40.9 Å². The van der Waals surface area contributed by atoms with Gasteiger partial charge < -0.3 is 10.6 Å². The maximum Gasteiger partial charge on any atom is 0.256 e. The third-order valence-corrected chi connectivity index (χ3v) is 3.18. The molecule has 6 heteroatoms. The summed E-state index contributed by atoms with van der Waals surface area (Å²) in [4.78, 5) is 12.1. The summed E-state index contributed by atoms with van der Waals surface area (Å²) in [5, 5.41) is 13.9. The summed E-state index contributed by atoms with van der Waals surface area (Å²) in [5.74, 6) is 1.44. The molecule has 0 spiro atoms. The summed E-state index contributed by atoms with van der Waals surface area (Å²) >= 11 is 3.34. The fourth-order valence-corrected chi connectivity index (χ4v) is 2.02. The number of aromatic nitrogens is 2. The molecule has 5 nitrogen and oxygen atoms in total. The second-order valence-corrected chi connectivity index (χ2v) is 5.96. The smallest absolute Gasteiger partial charge is 0.256 e. The van der Waals surface area contributed by atoms with Crippen molar-refractivity contribution in [1.29, 1.82) is 0 Å². The average molecular weight is 349 g/mol. The minimum absolute atomic E-state index is 0.214. The van der Waals surface area contributed by atoms with Gasteiger partial charge in [-0.1, -0.05) is 35.8 Å². The van der Waals surface area contributed by atoms with E-state index < -0.39 is 0 Å². The van der Waals surface area contributed by atoms with E-state index in [1.807, 2.05) is 12.1 Å². The Bertz CT molecular complexity index is 613. The zero-order chi connectivity index (χ0) is 15.2. The van der Waals surface area contributed by atoms with Crippen LogP contribution >= 0.6 is 15.9 Å². The van der Waals surface area contributed by atoms with E-state index in [1.54, 1.807) is 24.3 Å². The Balaban J connectivity index is 1.98. The van der Waals surface area contributed by atoms with E-state index in [0.29, 0.717) is 23.1 Å². The van der Waals surface area contributed by atoms with Crippen LogP contribution in [0.1, 0.15) is 24.2 Å². The Hall–Kier alpha value is -1.95. The Morgan fingerprint density at radius 1 is 1.19 bits per heavy atom. The van der Waals surface area contributed by atoms with E-state index in [0.717, 1.165) is 11.0 Å². The molecule has 2 aromatic rings. The van der Waals surface area contributed by atoms with E-state index in [2.05, 4.69) is 50.6 Å².